The van der Waals surface area contributed by atoms with Gasteiger partial charge in [0, 0.05) is 17.5 Å². The van der Waals surface area contributed by atoms with Crippen LogP contribution in [-0.4, -0.2) is 6.21 Å². The molecule has 3 aromatic carbocycles. The summed E-state index contributed by atoms with van der Waals surface area (Å²) in [6, 6.07) is 19.5. The summed E-state index contributed by atoms with van der Waals surface area (Å²) in [4.78, 5) is 5.04. The first-order valence-electron chi connectivity index (χ1n) is 11.4. The minimum atomic E-state index is 0.0951. The van der Waals surface area contributed by atoms with Crippen LogP contribution in [0.4, 0.5) is 5.69 Å². The molecule has 166 valence electrons. The largest absolute Gasteiger partial charge is 0.398 e. The molecule has 1 atom stereocenters. The van der Waals surface area contributed by atoms with Gasteiger partial charge < -0.3 is 5.73 Å². The Morgan fingerprint density at radius 2 is 1.62 bits per heavy atom. The van der Waals surface area contributed by atoms with Gasteiger partial charge in [-0.05, 0) is 79.5 Å². The molecule has 0 saturated carbocycles. The maximum Gasteiger partial charge on any atom is 0.0751 e. The van der Waals surface area contributed by atoms with Crippen molar-refractivity contribution in [3.63, 3.8) is 0 Å². The Labute approximate surface area is 193 Å². The van der Waals surface area contributed by atoms with Crippen LogP contribution in [0.25, 0.3) is 16.7 Å². The van der Waals surface area contributed by atoms with E-state index in [9.17, 15) is 0 Å². The van der Waals surface area contributed by atoms with E-state index in [0.29, 0.717) is 5.92 Å². The Bertz CT molecular complexity index is 1130. The molecule has 0 bridgehead atoms. The highest BCUT2D eigenvalue weighted by atomic mass is 14.8. The van der Waals surface area contributed by atoms with Crippen molar-refractivity contribution in [1.82, 2.24) is 0 Å². The first-order chi connectivity index (χ1) is 15.2. The molecule has 2 N–H and O–H groups in total. The van der Waals surface area contributed by atoms with Crippen molar-refractivity contribution in [3.05, 3.63) is 94.6 Å². The number of hydrogen-bond donors (Lipinski definition) is 1. The summed E-state index contributed by atoms with van der Waals surface area (Å²) in [6.45, 7) is 17.0. The highest BCUT2D eigenvalue weighted by molar-refractivity contribution is 5.92. The molecule has 0 aromatic heterocycles. The second kappa shape index (κ2) is 9.99. The first-order valence-corrected chi connectivity index (χ1v) is 11.4. The van der Waals surface area contributed by atoms with Crippen LogP contribution in [0.5, 0.6) is 0 Å². The van der Waals surface area contributed by atoms with Gasteiger partial charge in [-0.3, -0.25) is 4.99 Å². The van der Waals surface area contributed by atoms with Crippen LogP contribution in [0.15, 0.2) is 66.2 Å². The van der Waals surface area contributed by atoms with Crippen LogP contribution in [0, 0.1) is 26.7 Å². The maximum atomic E-state index is 6.41. The fourth-order valence-electron chi connectivity index (χ4n) is 4.21. The highest BCUT2D eigenvalue weighted by Gasteiger charge is 2.14. The summed E-state index contributed by atoms with van der Waals surface area (Å²) >= 11 is 0. The van der Waals surface area contributed by atoms with Gasteiger partial charge in [0.05, 0.1) is 6.04 Å². The van der Waals surface area contributed by atoms with Crippen molar-refractivity contribution >= 4 is 17.5 Å². The molecule has 0 heterocycles. The molecule has 2 heteroatoms. The lowest BCUT2D eigenvalue weighted by atomic mass is 9.92. The number of rotatable bonds is 7. The average Bonchev–Trinajstić information content (AvgIpc) is 2.73. The summed E-state index contributed by atoms with van der Waals surface area (Å²) in [6.07, 6.45) is 2.97. The van der Waals surface area contributed by atoms with E-state index in [1.54, 1.807) is 0 Å². The van der Waals surface area contributed by atoms with Crippen LogP contribution >= 0.6 is 0 Å². The van der Waals surface area contributed by atoms with Gasteiger partial charge in [0.25, 0.3) is 0 Å². The molecule has 1 unspecified atom stereocenters. The topological polar surface area (TPSA) is 38.4 Å². The van der Waals surface area contributed by atoms with Crippen LogP contribution < -0.4 is 5.73 Å². The number of anilines is 1. The van der Waals surface area contributed by atoms with Gasteiger partial charge in [0.15, 0.2) is 0 Å². The van der Waals surface area contributed by atoms with E-state index in [1.165, 1.54) is 38.9 Å². The molecule has 0 aliphatic rings. The number of hydrogen-bond acceptors (Lipinski definition) is 2. The third kappa shape index (κ3) is 5.37. The molecular weight excluding hydrogens is 388 g/mol. The quantitative estimate of drug-likeness (QED) is 0.302. The van der Waals surface area contributed by atoms with E-state index in [4.69, 9.17) is 10.7 Å². The van der Waals surface area contributed by atoms with Crippen LogP contribution in [-0.2, 0) is 0 Å². The average molecular weight is 425 g/mol. The number of benzene rings is 3. The van der Waals surface area contributed by atoms with Gasteiger partial charge in [-0.25, -0.2) is 0 Å². The minimum absolute atomic E-state index is 0.0951. The van der Waals surface area contributed by atoms with Gasteiger partial charge in [0.1, 0.15) is 0 Å². The standard InChI is InChI=1S/C30H36N2/c1-19(2)16-30(25-11-9-24(10-12-25)20(3)4)32-18-28-23(7)27(14-15-29(28)31)26-13-8-21(5)17-22(26)6/h8-15,17-19,30H,3,16,31H2,1-2,4-7H3. The lowest BCUT2D eigenvalue weighted by molar-refractivity contribution is 0.513. The second-order valence-electron chi connectivity index (χ2n) is 9.39. The predicted molar refractivity (Wildman–Crippen MR) is 141 cm³/mol. The maximum absolute atomic E-state index is 6.41. The molecule has 32 heavy (non-hydrogen) atoms. The number of nitrogens with two attached hydrogens (primary N) is 1. The van der Waals surface area contributed by atoms with Crippen LogP contribution in [0.1, 0.15) is 66.6 Å². The first kappa shape index (κ1) is 23.5. The summed E-state index contributed by atoms with van der Waals surface area (Å²) in [7, 11) is 0. The van der Waals surface area contributed by atoms with E-state index in [-0.39, 0.29) is 6.04 Å². The fourth-order valence-corrected chi connectivity index (χ4v) is 4.21. The number of aryl methyl sites for hydroxylation is 2. The van der Waals surface area contributed by atoms with Crippen LogP contribution in [0.3, 0.4) is 0 Å². The van der Waals surface area contributed by atoms with Crippen LogP contribution in [0.2, 0.25) is 0 Å². The normalized spacial score (nSPS) is 12.5. The summed E-state index contributed by atoms with van der Waals surface area (Å²) in [5, 5.41) is 0. The molecule has 2 nitrogen and oxygen atoms in total. The predicted octanol–water partition coefficient (Wildman–Crippen LogP) is 8.10. The number of nitrogens with zero attached hydrogens (tertiary/aromatic N) is 1. The van der Waals surface area contributed by atoms with E-state index >= 15 is 0 Å². The Morgan fingerprint density at radius 1 is 0.969 bits per heavy atom. The molecular formula is C30H36N2. The van der Waals surface area contributed by atoms with Gasteiger partial charge >= 0.3 is 0 Å². The van der Waals surface area contributed by atoms with Crippen molar-refractivity contribution in [2.45, 2.75) is 54.0 Å². The van der Waals surface area contributed by atoms with Crippen molar-refractivity contribution in [2.75, 3.05) is 5.73 Å². The molecule has 0 aliphatic carbocycles. The van der Waals surface area contributed by atoms with Gasteiger partial charge in [-0.2, -0.15) is 0 Å². The molecule has 0 radical (unpaired) electrons. The van der Waals surface area contributed by atoms with E-state index < -0.39 is 0 Å². The monoisotopic (exact) mass is 424 g/mol. The smallest absolute Gasteiger partial charge is 0.0751 e. The van der Waals surface area contributed by atoms with E-state index in [0.717, 1.165) is 23.2 Å². The van der Waals surface area contributed by atoms with Crippen molar-refractivity contribution in [3.8, 4) is 11.1 Å². The molecule has 3 rings (SSSR count). The molecule has 0 saturated heterocycles. The third-order valence-corrected chi connectivity index (χ3v) is 6.09. The lowest BCUT2D eigenvalue weighted by Gasteiger charge is -2.17. The SMILES string of the molecule is C=C(C)c1ccc(C(CC(C)C)N=Cc2c(N)ccc(-c3ccc(C)cc3C)c2C)cc1. The Kier molecular flexibility index (Phi) is 7.35. The Balaban J connectivity index is 2.00. The number of allylic oxidation sites excluding steroid dienone is 1. The molecule has 0 fully saturated rings. The molecule has 0 spiro atoms. The Morgan fingerprint density at radius 3 is 2.22 bits per heavy atom. The zero-order valence-electron chi connectivity index (χ0n) is 20.4. The molecule has 3 aromatic rings. The van der Waals surface area contributed by atoms with Crippen molar-refractivity contribution in [1.29, 1.82) is 0 Å². The molecule has 0 amide bonds. The van der Waals surface area contributed by atoms with E-state index in [2.05, 4.69) is 89.7 Å². The van der Waals surface area contributed by atoms with E-state index in [1.807, 2.05) is 19.2 Å². The lowest BCUT2D eigenvalue weighted by Crippen LogP contribution is -2.04. The summed E-state index contributed by atoms with van der Waals surface area (Å²) in [5.74, 6) is 0.540. The highest BCUT2D eigenvalue weighted by Crippen LogP contribution is 2.32. The summed E-state index contributed by atoms with van der Waals surface area (Å²) in [5.41, 5.74) is 17.8. The zero-order valence-corrected chi connectivity index (χ0v) is 20.4. The number of nitrogen functional groups attached to an aromatic ring is 1. The van der Waals surface area contributed by atoms with Gasteiger partial charge in [0.2, 0.25) is 0 Å². The zero-order chi connectivity index (χ0) is 23.4. The minimum Gasteiger partial charge on any atom is -0.398 e. The third-order valence-electron chi connectivity index (χ3n) is 6.09. The summed E-state index contributed by atoms with van der Waals surface area (Å²) < 4.78 is 0. The number of aliphatic imine (C=N–C) groups is 1. The Hall–Kier alpha value is -3.13. The second-order valence-corrected chi connectivity index (χ2v) is 9.39. The fraction of sp³-hybridized carbons (Fsp3) is 0.300. The van der Waals surface area contributed by atoms with Gasteiger partial charge in [-0.15, -0.1) is 0 Å². The van der Waals surface area contributed by atoms with Crippen molar-refractivity contribution < 1.29 is 0 Å². The van der Waals surface area contributed by atoms with Gasteiger partial charge in [-0.1, -0.05) is 80.1 Å². The molecule has 0 aliphatic heterocycles. The van der Waals surface area contributed by atoms with Crippen molar-refractivity contribution in [2.24, 2.45) is 10.9 Å².